The molecule has 1 amide bonds. The van der Waals surface area contributed by atoms with Gasteiger partial charge in [0.15, 0.2) is 9.84 Å². The van der Waals surface area contributed by atoms with E-state index in [0.717, 1.165) is 0 Å². The lowest BCUT2D eigenvalue weighted by Gasteiger charge is -2.28. The lowest BCUT2D eigenvalue weighted by Crippen LogP contribution is -2.40. The molecule has 2 aromatic rings. The summed E-state index contributed by atoms with van der Waals surface area (Å²) in [5.41, 5.74) is 0.320. The summed E-state index contributed by atoms with van der Waals surface area (Å²) < 4.78 is 34.6. The molecular weight excluding hydrogens is 344 g/mol. The Morgan fingerprint density at radius 2 is 2.24 bits per heavy atom. The van der Waals surface area contributed by atoms with Gasteiger partial charge in [0.25, 0.3) is 5.91 Å². The second-order valence-electron chi connectivity index (χ2n) is 5.86. The van der Waals surface area contributed by atoms with Crippen LogP contribution < -0.4 is 4.74 Å². The number of amides is 1. The van der Waals surface area contributed by atoms with E-state index in [1.54, 1.807) is 35.4 Å². The minimum Gasteiger partial charge on any atom is -0.477 e. The molecule has 134 valence electrons. The molecule has 0 aromatic carbocycles. The highest BCUT2D eigenvalue weighted by atomic mass is 32.2. The van der Waals surface area contributed by atoms with Crippen molar-refractivity contribution < 1.29 is 22.4 Å². The molecule has 0 saturated carbocycles. The van der Waals surface area contributed by atoms with Gasteiger partial charge in [0.2, 0.25) is 5.88 Å². The third-order valence-electron chi connectivity index (χ3n) is 4.10. The average molecular weight is 364 g/mol. The fourth-order valence-corrected chi connectivity index (χ4v) is 4.65. The first-order valence-electron chi connectivity index (χ1n) is 8.12. The van der Waals surface area contributed by atoms with E-state index < -0.39 is 15.9 Å². The molecule has 1 saturated heterocycles. The lowest BCUT2D eigenvalue weighted by molar-refractivity contribution is 0.0661. The van der Waals surface area contributed by atoms with Gasteiger partial charge in [-0.3, -0.25) is 4.79 Å². The van der Waals surface area contributed by atoms with Crippen molar-refractivity contribution in [1.82, 2.24) is 9.88 Å². The van der Waals surface area contributed by atoms with Crippen LogP contribution in [-0.2, 0) is 16.4 Å². The second kappa shape index (κ2) is 7.26. The van der Waals surface area contributed by atoms with Crippen LogP contribution in [0.2, 0.25) is 0 Å². The van der Waals surface area contributed by atoms with E-state index in [2.05, 4.69) is 4.98 Å². The Kier molecular flexibility index (Phi) is 5.08. The van der Waals surface area contributed by atoms with Crippen molar-refractivity contribution in [2.45, 2.75) is 25.9 Å². The summed E-state index contributed by atoms with van der Waals surface area (Å²) >= 11 is 0. The molecule has 7 nitrogen and oxygen atoms in total. The van der Waals surface area contributed by atoms with Crippen molar-refractivity contribution in [2.75, 3.05) is 18.1 Å². The Labute approximate surface area is 146 Å². The molecule has 25 heavy (non-hydrogen) atoms. The Balaban J connectivity index is 1.92. The van der Waals surface area contributed by atoms with Crippen LogP contribution in [0.1, 0.15) is 29.5 Å². The maximum Gasteiger partial charge on any atom is 0.260 e. The number of hydrogen-bond donors (Lipinski definition) is 0. The number of hydrogen-bond acceptors (Lipinski definition) is 6. The normalized spacial score (nSPS) is 18.8. The molecule has 3 rings (SSSR count). The first kappa shape index (κ1) is 17.5. The van der Waals surface area contributed by atoms with Crippen molar-refractivity contribution >= 4 is 15.7 Å². The Bertz CT molecular complexity index is 832. The van der Waals surface area contributed by atoms with Crippen LogP contribution in [0.5, 0.6) is 5.88 Å². The predicted octanol–water partition coefficient (Wildman–Crippen LogP) is 1.90. The minimum absolute atomic E-state index is 0.0380. The fourth-order valence-electron chi connectivity index (χ4n) is 2.92. The van der Waals surface area contributed by atoms with Gasteiger partial charge < -0.3 is 14.1 Å². The zero-order valence-corrected chi connectivity index (χ0v) is 14.7. The van der Waals surface area contributed by atoms with Gasteiger partial charge in [0.05, 0.1) is 30.9 Å². The van der Waals surface area contributed by atoms with Crippen LogP contribution >= 0.6 is 0 Å². The fraction of sp³-hybridized carbons (Fsp3) is 0.412. The maximum absolute atomic E-state index is 13.1. The Morgan fingerprint density at radius 3 is 2.88 bits per heavy atom. The van der Waals surface area contributed by atoms with Crippen molar-refractivity contribution in [1.29, 1.82) is 0 Å². The highest BCUT2D eigenvalue weighted by molar-refractivity contribution is 7.91. The van der Waals surface area contributed by atoms with E-state index >= 15 is 0 Å². The number of rotatable bonds is 6. The summed E-state index contributed by atoms with van der Waals surface area (Å²) in [6.45, 7) is 2.40. The lowest BCUT2D eigenvalue weighted by atomic mass is 10.1. The highest BCUT2D eigenvalue weighted by Gasteiger charge is 2.36. The SMILES string of the molecule is CCOc1ncccc1C(=O)N(Cc1ccco1)[C@@H]1CCS(=O)(=O)C1. The highest BCUT2D eigenvalue weighted by Crippen LogP contribution is 2.25. The van der Waals surface area contributed by atoms with Crippen LogP contribution in [0.15, 0.2) is 41.1 Å². The standard InChI is InChI=1S/C17H20N2O5S/c1-2-23-16-15(6-3-8-18-16)17(20)19(11-14-5-4-9-24-14)13-7-10-25(21,22)12-13/h3-6,8-9,13H,2,7,10-12H2,1H3/t13-/m1/s1. The van der Waals surface area contributed by atoms with Crippen molar-refractivity contribution in [2.24, 2.45) is 0 Å². The number of sulfone groups is 1. The molecule has 0 N–H and O–H groups in total. The summed E-state index contributed by atoms with van der Waals surface area (Å²) in [6.07, 6.45) is 3.50. The molecule has 0 unspecified atom stereocenters. The molecule has 3 heterocycles. The predicted molar refractivity (Wildman–Crippen MR) is 91.0 cm³/mol. The van der Waals surface area contributed by atoms with Crippen LogP contribution in [0.3, 0.4) is 0 Å². The van der Waals surface area contributed by atoms with Gasteiger partial charge in [-0.25, -0.2) is 13.4 Å². The van der Waals surface area contributed by atoms with Crippen molar-refractivity contribution in [3.8, 4) is 5.88 Å². The monoisotopic (exact) mass is 364 g/mol. The molecule has 1 aliphatic heterocycles. The number of ether oxygens (including phenoxy) is 1. The maximum atomic E-state index is 13.1. The Morgan fingerprint density at radius 1 is 1.40 bits per heavy atom. The van der Waals surface area contributed by atoms with Gasteiger partial charge in [0.1, 0.15) is 11.3 Å². The smallest absolute Gasteiger partial charge is 0.260 e. The third kappa shape index (κ3) is 4.01. The molecule has 0 spiro atoms. The number of carbonyl (C=O) groups is 1. The van der Waals surface area contributed by atoms with Crippen molar-refractivity contribution in [3.63, 3.8) is 0 Å². The Hall–Kier alpha value is -2.35. The number of carbonyl (C=O) groups excluding carboxylic acids is 1. The van der Waals surface area contributed by atoms with E-state index in [4.69, 9.17) is 9.15 Å². The molecular formula is C17H20N2O5S. The third-order valence-corrected chi connectivity index (χ3v) is 5.85. The first-order valence-corrected chi connectivity index (χ1v) is 9.94. The minimum atomic E-state index is -3.13. The molecule has 0 aliphatic carbocycles. The quantitative estimate of drug-likeness (QED) is 0.778. The van der Waals surface area contributed by atoms with Crippen LogP contribution in [0, 0.1) is 0 Å². The molecule has 0 radical (unpaired) electrons. The van der Waals surface area contributed by atoms with Gasteiger partial charge >= 0.3 is 0 Å². The van der Waals surface area contributed by atoms with Gasteiger partial charge in [-0.15, -0.1) is 0 Å². The number of nitrogens with zero attached hydrogens (tertiary/aromatic N) is 2. The largest absolute Gasteiger partial charge is 0.477 e. The van der Waals surface area contributed by atoms with Gasteiger partial charge in [0, 0.05) is 12.2 Å². The van der Waals surface area contributed by atoms with Crippen LogP contribution in [-0.4, -0.2) is 48.4 Å². The number of aromatic nitrogens is 1. The van der Waals surface area contributed by atoms with Gasteiger partial charge in [-0.1, -0.05) is 0 Å². The zero-order chi connectivity index (χ0) is 17.9. The molecule has 1 aliphatic rings. The number of pyridine rings is 1. The van der Waals surface area contributed by atoms with Crippen LogP contribution in [0.4, 0.5) is 0 Å². The van der Waals surface area contributed by atoms with E-state index in [9.17, 15) is 13.2 Å². The van der Waals surface area contributed by atoms with E-state index in [1.807, 2.05) is 6.92 Å². The average Bonchev–Trinajstić information content (AvgIpc) is 3.22. The second-order valence-corrected chi connectivity index (χ2v) is 8.09. The van der Waals surface area contributed by atoms with Crippen molar-refractivity contribution in [3.05, 3.63) is 48.0 Å². The van der Waals surface area contributed by atoms with E-state index in [0.29, 0.717) is 24.4 Å². The summed E-state index contributed by atoms with van der Waals surface area (Å²) in [4.78, 5) is 18.8. The van der Waals surface area contributed by atoms with E-state index in [1.165, 1.54) is 6.26 Å². The first-order chi connectivity index (χ1) is 12.0. The van der Waals surface area contributed by atoms with Gasteiger partial charge in [-0.05, 0) is 37.6 Å². The molecule has 2 aromatic heterocycles. The molecule has 1 atom stereocenters. The van der Waals surface area contributed by atoms with E-state index in [-0.39, 0.29) is 29.8 Å². The number of furan rings is 1. The molecule has 8 heteroatoms. The summed E-state index contributed by atoms with van der Waals surface area (Å²) in [5.74, 6) is 0.587. The molecule has 1 fully saturated rings. The molecule has 0 bridgehead atoms. The summed E-state index contributed by atoms with van der Waals surface area (Å²) in [5, 5.41) is 0. The summed E-state index contributed by atoms with van der Waals surface area (Å²) in [6, 6.07) is 6.40. The van der Waals surface area contributed by atoms with Crippen LogP contribution in [0.25, 0.3) is 0 Å². The summed E-state index contributed by atoms with van der Waals surface area (Å²) in [7, 11) is -3.13. The zero-order valence-electron chi connectivity index (χ0n) is 13.9. The topological polar surface area (TPSA) is 89.7 Å². The van der Waals surface area contributed by atoms with Gasteiger partial charge in [-0.2, -0.15) is 0 Å².